The first-order valence-electron chi connectivity index (χ1n) is 7.84. The van der Waals surface area contributed by atoms with Crippen molar-refractivity contribution in [1.29, 1.82) is 0 Å². The molecule has 2 amide bonds. The number of nitrogens with zero attached hydrogens (tertiary/aromatic N) is 1. The van der Waals surface area contributed by atoms with Gasteiger partial charge in [-0.05, 0) is 35.7 Å². The van der Waals surface area contributed by atoms with Crippen LogP contribution in [0.4, 0.5) is 0 Å². The summed E-state index contributed by atoms with van der Waals surface area (Å²) in [7, 11) is 0. The van der Waals surface area contributed by atoms with Crippen LogP contribution in [0, 0.1) is 5.41 Å². The lowest BCUT2D eigenvalue weighted by Gasteiger charge is -2.15. The molecule has 3 nitrogen and oxygen atoms in total. The van der Waals surface area contributed by atoms with E-state index in [1.54, 1.807) is 6.07 Å². The van der Waals surface area contributed by atoms with Gasteiger partial charge in [0.25, 0.3) is 0 Å². The third-order valence-corrected chi connectivity index (χ3v) is 5.42. The number of hydrogen-bond donors (Lipinski definition) is 0. The quantitative estimate of drug-likeness (QED) is 0.760. The summed E-state index contributed by atoms with van der Waals surface area (Å²) in [4.78, 5) is 26.7. The van der Waals surface area contributed by atoms with Gasteiger partial charge in [0.2, 0.25) is 11.8 Å². The van der Waals surface area contributed by atoms with E-state index < -0.39 is 5.41 Å². The number of hydrogen-bond acceptors (Lipinski definition) is 2. The molecule has 2 fully saturated rings. The largest absolute Gasteiger partial charge is 0.278 e. The molecular formula is C19H15Cl2NO2. The van der Waals surface area contributed by atoms with Gasteiger partial charge in [-0.15, -0.1) is 0 Å². The van der Waals surface area contributed by atoms with E-state index in [0.29, 0.717) is 23.0 Å². The van der Waals surface area contributed by atoms with Gasteiger partial charge in [-0.1, -0.05) is 53.5 Å². The Bertz CT molecular complexity index is 816. The van der Waals surface area contributed by atoms with Crippen LogP contribution in [0.2, 0.25) is 10.0 Å². The minimum Gasteiger partial charge on any atom is -0.278 e. The van der Waals surface area contributed by atoms with E-state index in [0.717, 1.165) is 11.1 Å². The topological polar surface area (TPSA) is 37.4 Å². The van der Waals surface area contributed by atoms with E-state index in [4.69, 9.17) is 23.2 Å². The average Bonchev–Trinajstić information content (AvgIpc) is 3.22. The Labute approximate surface area is 150 Å². The second kappa shape index (κ2) is 5.61. The van der Waals surface area contributed by atoms with Crippen LogP contribution in [0.15, 0.2) is 48.5 Å². The fraction of sp³-hybridized carbons (Fsp3) is 0.263. The van der Waals surface area contributed by atoms with E-state index in [1.807, 2.05) is 42.5 Å². The molecule has 24 heavy (non-hydrogen) atoms. The van der Waals surface area contributed by atoms with Gasteiger partial charge in [0.15, 0.2) is 0 Å². The maximum absolute atomic E-state index is 12.9. The van der Waals surface area contributed by atoms with Crippen LogP contribution >= 0.6 is 23.2 Å². The molecule has 1 heterocycles. The molecule has 4 rings (SSSR count). The zero-order valence-electron chi connectivity index (χ0n) is 12.8. The van der Waals surface area contributed by atoms with Gasteiger partial charge in [0.05, 0.1) is 12.0 Å². The minimum atomic E-state index is -0.597. The number of halogens is 2. The Morgan fingerprint density at radius 3 is 2.38 bits per heavy atom. The molecule has 1 aliphatic carbocycles. The molecule has 1 saturated heterocycles. The van der Waals surface area contributed by atoms with Crippen molar-refractivity contribution < 1.29 is 9.59 Å². The number of carbonyl (C=O) groups excluding carboxylic acids is 2. The lowest BCUT2D eigenvalue weighted by Crippen LogP contribution is -2.30. The van der Waals surface area contributed by atoms with Crippen LogP contribution in [0.5, 0.6) is 0 Å². The van der Waals surface area contributed by atoms with Crippen LogP contribution in [-0.4, -0.2) is 16.7 Å². The van der Waals surface area contributed by atoms with Crippen molar-refractivity contribution in [2.24, 2.45) is 5.41 Å². The Balaban J connectivity index is 1.58. The first-order valence-corrected chi connectivity index (χ1v) is 8.60. The molecule has 0 bridgehead atoms. The van der Waals surface area contributed by atoms with Gasteiger partial charge in [-0.2, -0.15) is 0 Å². The highest BCUT2D eigenvalue weighted by atomic mass is 35.5. The van der Waals surface area contributed by atoms with Crippen LogP contribution < -0.4 is 0 Å². The van der Waals surface area contributed by atoms with Crippen LogP contribution in [0.25, 0.3) is 0 Å². The van der Waals surface area contributed by atoms with Crippen molar-refractivity contribution >= 4 is 35.0 Å². The van der Waals surface area contributed by atoms with Crippen molar-refractivity contribution in [3.05, 3.63) is 69.7 Å². The summed E-state index contributed by atoms with van der Waals surface area (Å²) in [5.41, 5.74) is 1.30. The number of likely N-dealkylation sites (tertiary alicyclic amines) is 1. The highest BCUT2D eigenvalue weighted by Gasteiger charge is 2.67. The summed E-state index contributed by atoms with van der Waals surface area (Å²) in [6, 6.07) is 14.9. The van der Waals surface area contributed by atoms with E-state index >= 15 is 0 Å². The first-order chi connectivity index (χ1) is 11.5. The fourth-order valence-electron chi connectivity index (χ4n) is 3.70. The molecule has 0 radical (unpaired) electrons. The molecule has 1 aliphatic heterocycles. The summed E-state index contributed by atoms with van der Waals surface area (Å²) < 4.78 is 0. The summed E-state index contributed by atoms with van der Waals surface area (Å²) in [6.07, 6.45) is 0.951. The molecule has 0 N–H and O–H groups in total. The number of amides is 2. The predicted molar refractivity (Wildman–Crippen MR) is 92.9 cm³/mol. The minimum absolute atomic E-state index is 0.0194. The molecule has 5 heteroatoms. The van der Waals surface area contributed by atoms with Crippen LogP contribution in [0.3, 0.4) is 0 Å². The molecule has 1 spiro atoms. The van der Waals surface area contributed by atoms with Crippen molar-refractivity contribution in [3.63, 3.8) is 0 Å². The van der Waals surface area contributed by atoms with Crippen molar-refractivity contribution in [2.45, 2.75) is 25.3 Å². The third kappa shape index (κ3) is 2.52. The van der Waals surface area contributed by atoms with E-state index in [9.17, 15) is 9.59 Å². The standard InChI is InChI=1S/C19H15Cl2NO2/c20-14-6-13(7-15(21)8-14)16-9-19(16)10-17(23)22(18(19)24)11-12-4-2-1-3-5-12/h1-8,16H,9-11H2/t16?,19-/m1/s1. The van der Waals surface area contributed by atoms with Crippen molar-refractivity contribution in [1.82, 2.24) is 4.90 Å². The Morgan fingerprint density at radius 1 is 1.04 bits per heavy atom. The molecule has 0 aromatic heterocycles. The molecule has 2 aromatic carbocycles. The molecule has 1 unspecified atom stereocenters. The lowest BCUT2D eigenvalue weighted by atomic mass is 9.97. The highest BCUT2D eigenvalue weighted by molar-refractivity contribution is 6.34. The SMILES string of the molecule is O=C1C[C@@]2(CC2c2cc(Cl)cc(Cl)c2)C(=O)N1Cc1ccccc1. The maximum atomic E-state index is 12.9. The lowest BCUT2D eigenvalue weighted by molar-refractivity contribution is -0.140. The third-order valence-electron chi connectivity index (χ3n) is 4.98. The van der Waals surface area contributed by atoms with Crippen LogP contribution in [0.1, 0.15) is 29.9 Å². The zero-order valence-corrected chi connectivity index (χ0v) is 14.3. The first kappa shape index (κ1) is 15.7. The average molecular weight is 360 g/mol. The van der Waals surface area contributed by atoms with Gasteiger partial charge in [-0.3, -0.25) is 14.5 Å². The van der Waals surface area contributed by atoms with Gasteiger partial charge >= 0.3 is 0 Å². The normalized spacial score (nSPS) is 25.6. The second-order valence-electron chi connectivity index (χ2n) is 6.56. The van der Waals surface area contributed by atoms with Gasteiger partial charge in [0.1, 0.15) is 0 Å². The number of carbonyl (C=O) groups is 2. The number of imide groups is 1. The van der Waals surface area contributed by atoms with Gasteiger partial charge < -0.3 is 0 Å². The summed E-state index contributed by atoms with van der Waals surface area (Å²) in [6.45, 7) is 0.337. The zero-order chi connectivity index (χ0) is 16.9. The van der Waals surface area contributed by atoms with E-state index in [2.05, 4.69) is 0 Å². The molecule has 2 aliphatic rings. The Kier molecular flexibility index (Phi) is 3.66. The fourth-order valence-corrected chi connectivity index (χ4v) is 4.24. The van der Waals surface area contributed by atoms with Gasteiger partial charge in [0, 0.05) is 22.4 Å². The van der Waals surface area contributed by atoms with Gasteiger partial charge in [-0.25, -0.2) is 0 Å². The number of benzene rings is 2. The summed E-state index contributed by atoms with van der Waals surface area (Å²) in [5, 5.41) is 1.11. The summed E-state index contributed by atoms with van der Waals surface area (Å²) >= 11 is 12.1. The van der Waals surface area contributed by atoms with E-state index in [-0.39, 0.29) is 24.2 Å². The smallest absolute Gasteiger partial charge is 0.236 e. The second-order valence-corrected chi connectivity index (χ2v) is 7.44. The molecule has 2 aromatic rings. The van der Waals surface area contributed by atoms with Crippen molar-refractivity contribution in [2.75, 3.05) is 0 Å². The molecule has 122 valence electrons. The van der Waals surface area contributed by atoms with E-state index in [1.165, 1.54) is 4.90 Å². The van der Waals surface area contributed by atoms with Crippen molar-refractivity contribution in [3.8, 4) is 0 Å². The Morgan fingerprint density at radius 2 is 1.71 bits per heavy atom. The highest BCUT2D eigenvalue weighted by Crippen LogP contribution is 2.65. The maximum Gasteiger partial charge on any atom is 0.236 e. The van der Waals surface area contributed by atoms with Crippen LogP contribution in [-0.2, 0) is 16.1 Å². The number of rotatable bonds is 3. The molecule has 2 atom stereocenters. The summed E-state index contributed by atoms with van der Waals surface area (Å²) in [5.74, 6) is -0.150. The molecule has 1 saturated carbocycles. The Hall–Kier alpha value is -1.84. The monoisotopic (exact) mass is 359 g/mol. The molecular weight excluding hydrogens is 345 g/mol. The predicted octanol–water partition coefficient (Wildman–Crippen LogP) is 4.43.